The normalized spacial score (nSPS) is 10.6. The van der Waals surface area contributed by atoms with Crippen LogP contribution in [0.1, 0.15) is 44.5 Å². The zero-order valence-electron chi connectivity index (χ0n) is 12.9. The summed E-state index contributed by atoms with van der Waals surface area (Å²) in [6.07, 6.45) is 1.55. The lowest BCUT2D eigenvalue weighted by molar-refractivity contribution is 0.216. The summed E-state index contributed by atoms with van der Waals surface area (Å²) >= 11 is 0. The Morgan fingerprint density at radius 2 is 1.80 bits per heavy atom. The van der Waals surface area contributed by atoms with Gasteiger partial charge in [-0.25, -0.2) is 0 Å². The van der Waals surface area contributed by atoms with Crippen molar-refractivity contribution in [2.75, 3.05) is 26.2 Å². The molecule has 1 rings (SSSR count). The second-order valence-electron chi connectivity index (χ2n) is 4.50. The van der Waals surface area contributed by atoms with E-state index in [1.807, 2.05) is 13.8 Å². The maximum Gasteiger partial charge on any atom is 0.251 e. The highest BCUT2D eigenvalue weighted by Gasteiger charge is 2.15. The molecular formula is C15H24N4O. The van der Waals surface area contributed by atoms with Crippen LogP contribution < -0.4 is 4.74 Å². The Hall–Kier alpha value is -1.67. The van der Waals surface area contributed by atoms with Gasteiger partial charge in [0.15, 0.2) is 0 Å². The van der Waals surface area contributed by atoms with Crippen LogP contribution in [0.2, 0.25) is 0 Å². The highest BCUT2D eigenvalue weighted by molar-refractivity contribution is 5.46. The molecule has 0 aliphatic carbocycles. The molecule has 0 amide bonds. The monoisotopic (exact) mass is 276 g/mol. The van der Waals surface area contributed by atoms with E-state index in [1.165, 1.54) is 0 Å². The number of rotatable bonds is 8. The van der Waals surface area contributed by atoms with Gasteiger partial charge in [-0.3, -0.25) is 0 Å². The van der Waals surface area contributed by atoms with Crippen molar-refractivity contribution in [3.63, 3.8) is 0 Å². The van der Waals surface area contributed by atoms with Crippen molar-refractivity contribution in [3.8, 4) is 11.9 Å². The summed E-state index contributed by atoms with van der Waals surface area (Å²) < 4.78 is 5.67. The Balaban J connectivity index is 2.83. The van der Waals surface area contributed by atoms with E-state index < -0.39 is 0 Å². The third-order valence-electron chi connectivity index (χ3n) is 3.47. The Kier molecular flexibility index (Phi) is 6.96. The number of likely N-dealkylation sites (N-methyl/N-ethyl adjacent to an activating group) is 1. The molecule has 0 aliphatic heterocycles. The molecule has 0 spiro atoms. The molecule has 0 radical (unpaired) electrons. The molecule has 5 nitrogen and oxygen atoms in total. The SMILES string of the molecule is CCc1nnc(OCCN(CC)CC)c(C#N)c1CC. The number of nitrogens with zero attached hydrogens (tertiary/aromatic N) is 4. The largest absolute Gasteiger partial charge is 0.474 e. The number of hydrogen-bond acceptors (Lipinski definition) is 5. The first kappa shape index (κ1) is 16.4. The maximum atomic E-state index is 9.34. The van der Waals surface area contributed by atoms with Crippen LogP contribution in [0.15, 0.2) is 0 Å². The minimum absolute atomic E-state index is 0.369. The minimum atomic E-state index is 0.369. The number of aryl methyl sites for hydroxylation is 1. The van der Waals surface area contributed by atoms with Crippen LogP contribution in [0.25, 0.3) is 0 Å². The first-order valence-corrected chi connectivity index (χ1v) is 7.35. The van der Waals surface area contributed by atoms with Gasteiger partial charge in [0.1, 0.15) is 18.2 Å². The average molecular weight is 276 g/mol. The first-order valence-electron chi connectivity index (χ1n) is 7.35. The predicted molar refractivity (Wildman–Crippen MR) is 78.8 cm³/mol. The molecule has 1 aromatic rings. The van der Waals surface area contributed by atoms with Crippen LogP contribution in [0, 0.1) is 11.3 Å². The molecule has 110 valence electrons. The molecule has 0 aromatic carbocycles. The number of ether oxygens (including phenoxy) is 1. The third kappa shape index (κ3) is 3.91. The van der Waals surface area contributed by atoms with Gasteiger partial charge in [0.25, 0.3) is 5.88 Å². The van der Waals surface area contributed by atoms with Crippen LogP contribution in [-0.2, 0) is 12.8 Å². The molecule has 1 heterocycles. The van der Waals surface area contributed by atoms with Crippen molar-refractivity contribution in [2.45, 2.75) is 40.5 Å². The third-order valence-corrected chi connectivity index (χ3v) is 3.47. The van der Waals surface area contributed by atoms with E-state index in [4.69, 9.17) is 4.74 Å². The van der Waals surface area contributed by atoms with E-state index in [9.17, 15) is 5.26 Å². The standard InChI is InChI=1S/C15H24N4O/c1-5-12-13(11-16)15(18-17-14(12)6-2)20-10-9-19(7-3)8-4/h5-10H2,1-4H3. The van der Waals surface area contributed by atoms with Crippen molar-refractivity contribution in [1.82, 2.24) is 15.1 Å². The molecule has 0 fully saturated rings. The van der Waals surface area contributed by atoms with E-state index in [0.29, 0.717) is 18.1 Å². The van der Waals surface area contributed by atoms with Crippen molar-refractivity contribution < 1.29 is 4.74 Å². The maximum absolute atomic E-state index is 9.34. The van der Waals surface area contributed by atoms with E-state index in [2.05, 4.69) is 35.0 Å². The Morgan fingerprint density at radius 1 is 1.10 bits per heavy atom. The fraction of sp³-hybridized carbons (Fsp3) is 0.667. The highest BCUT2D eigenvalue weighted by Crippen LogP contribution is 2.21. The molecule has 0 atom stereocenters. The van der Waals surface area contributed by atoms with Crippen LogP contribution in [-0.4, -0.2) is 41.3 Å². The molecule has 0 N–H and O–H groups in total. The van der Waals surface area contributed by atoms with Crippen LogP contribution in [0.4, 0.5) is 0 Å². The molecule has 0 unspecified atom stereocenters. The van der Waals surface area contributed by atoms with Gasteiger partial charge in [-0.2, -0.15) is 10.4 Å². The number of hydrogen-bond donors (Lipinski definition) is 0. The summed E-state index contributed by atoms with van der Waals surface area (Å²) in [7, 11) is 0. The van der Waals surface area contributed by atoms with Crippen LogP contribution >= 0.6 is 0 Å². The lowest BCUT2D eigenvalue weighted by Crippen LogP contribution is -2.28. The van der Waals surface area contributed by atoms with Crippen molar-refractivity contribution in [1.29, 1.82) is 5.26 Å². The summed E-state index contributed by atoms with van der Waals surface area (Å²) in [4.78, 5) is 2.26. The second-order valence-corrected chi connectivity index (χ2v) is 4.50. The van der Waals surface area contributed by atoms with Crippen molar-refractivity contribution >= 4 is 0 Å². The van der Waals surface area contributed by atoms with Gasteiger partial charge in [0, 0.05) is 6.54 Å². The number of aromatic nitrogens is 2. The second kappa shape index (κ2) is 8.49. The molecule has 20 heavy (non-hydrogen) atoms. The Labute approximate surface area is 121 Å². The molecular weight excluding hydrogens is 252 g/mol. The van der Waals surface area contributed by atoms with Gasteiger partial charge in [-0.15, -0.1) is 5.10 Å². The van der Waals surface area contributed by atoms with E-state index in [0.717, 1.165) is 43.7 Å². The van der Waals surface area contributed by atoms with E-state index >= 15 is 0 Å². The topological polar surface area (TPSA) is 62.0 Å². The molecule has 0 bridgehead atoms. The molecule has 0 saturated carbocycles. The van der Waals surface area contributed by atoms with Gasteiger partial charge >= 0.3 is 0 Å². The van der Waals surface area contributed by atoms with Crippen LogP contribution in [0.3, 0.4) is 0 Å². The van der Waals surface area contributed by atoms with E-state index in [-0.39, 0.29) is 0 Å². The van der Waals surface area contributed by atoms with E-state index in [1.54, 1.807) is 0 Å². The summed E-state index contributed by atoms with van der Waals surface area (Å²) in [5, 5.41) is 17.6. The summed E-state index contributed by atoms with van der Waals surface area (Å²) in [6.45, 7) is 11.6. The Bertz CT molecular complexity index is 464. The molecule has 1 aromatic heterocycles. The highest BCUT2D eigenvalue weighted by atomic mass is 16.5. The lowest BCUT2D eigenvalue weighted by Gasteiger charge is -2.18. The van der Waals surface area contributed by atoms with Crippen molar-refractivity contribution in [3.05, 3.63) is 16.8 Å². The van der Waals surface area contributed by atoms with Crippen LogP contribution in [0.5, 0.6) is 5.88 Å². The van der Waals surface area contributed by atoms with Crippen molar-refractivity contribution in [2.24, 2.45) is 0 Å². The zero-order chi connectivity index (χ0) is 15.0. The smallest absolute Gasteiger partial charge is 0.251 e. The zero-order valence-corrected chi connectivity index (χ0v) is 12.9. The Morgan fingerprint density at radius 3 is 2.30 bits per heavy atom. The molecule has 5 heteroatoms. The van der Waals surface area contributed by atoms with Gasteiger partial charge in [-0.1, -0.05) is 27.7 Å². The summed E-state index contributed by atoms with van der Waals surface area (Å²) in [5.74, 6) is 0.369. The average Bonchev–Trinajstić information content (AvgIpc) is 2.50. The van der Waals surface area contributed by atoms with Gasteiger partial charge in [0.2, 0.25) is 0 Å². The molecule has 0 aliphatic rings. The fourth-order valence-electron chi connectivity index (χ4n) is 2.18. The van der Waals surface area contributed by atoms with Gasteiger partial charge in [0.05, 0.1) is 5.69 Å². The lowest BCUT2D eigenvalue weighted by atomic mass is 10.0. The van der Waals surface area contributed by atoms with Gasteiger partial charge < -0.3 is 9.64 Å². The summed E-state index contributed by atoms with van der Waals surface area (Å²) in [6, 6.07) is 2.21. The number of nitriles is 1. The summed E-state index contributed by atoms with van der Waals surface area (Å²) in [5.41, 5.74) is 2.39. The quantitative estimate of drug-likeness (QED) is 0.728. The fourth-order valence-corrected chi connectivity index (χ4v) is 2.18. The molecule has 0 saturated heterocycles. The predicted octanol–water partition coefficient (Wildman–Crippen LogP) is 2.19. The first-order chi connectivity index (χ1) is 9.71. The van der Waals surface area contributed by atoms with Gasteiger partial charge in [-0.05, 0) is 31.5 Å². The minimum Gasteiger partial charge on any atom is -0.474 e.